The van der Waals surface area contributed by atoms with Crippen molar-refractivity contribution in [2.24, 2.45) is 11.3 Å². The van der Waals surface area contributed by atoms with Crippen LogP contribution in [0, 0.1) is 11.3 Å². The molecule has 4 heterocycles. The fourth-order valence-corrected chi connectivity index (χ4v) is 7.92. The molecule has 2 aliphatic carbocycles. The Morgan fingerprint density at radius 2 is 2.10 bits per heavy atom. The molecule has 1 unspecified atom stereocenters. The third-order valence-electron chi connectivity index (χ3n) is 9.39. The van der Waals surface area contributed by atoms with Crippen molar-refractivity contribution < 1.29 is 4.74 Å². The quantitative estimate of drug-likeness (QED) is 0.709. The molecule has 2 spiro atoms. The average Bonchev–Trinajstić information content (AvgIpc) is 3.29. The van der Waals surface area contributed by atoms with Crippen LogP contribution in [0.25, 0.3) is 10.8 Å². The van der Waals surface area contributed by atoms with E-state index in [-0.39, 0.29) is 16.6 Å². The smallest absolute Gasteiger partial charge is 0.103 e. The zero-order valence-electron chi connectivity index (χ0n) is 17.8. The molecule has 3 fully saturated rings. The molecule has 1 saturated carbocycles. The van der Waals surface area contributed by atoms with E-state index < -0.39 is 0 Å². The van der Waals surface area contributed by atoms with Gasteiger partial charge < -0.3 is 10.1 Å². The number of aromatic nitrogens is 1. The molecule has 3 aliphatic heterocycles. The van der Waals surface area contributed by atoms with E-state index in [1.807, 2.05) is 12.4 Å². The third kappa shape index (κ3) is 2.10. The molecule has 154 valence electrons. The minimum absolute atomic E-state index is 0.0272. The number of fused-ring (bicyclic) bond motifs is 2. The molecule has 2 saturated heterocycles. The molecule has 3 nitrogen and oxygen atoms in total. The van der Waals surface area contributed by atoms with Crippen molar-refractivity contribution in [1.29, 1.82) is 0 Å². The molecular formula is C27H30N2O. The maximum absolute atomic E-state index is 7.20. The minimum atomic E-state index is -0.0529. The Morgan fingerprint density at radius 3 is 3.07 bits per heavy atom. The van der Waals surface area contributed by atoms with E-state index >= 15 is 0 Å². The van der Waals surface area contributed by atoms with Gasteiger partial charge in [0.25, 0.3) is 0 Å². The number of ether oxygens (including phenoxy) is 1. The van der Waals surface area contributed by atoms with Gasteiger partial charge in [0.1, 0.15) is 5.60 Å². The molecule has 0 amide bonds. The molecule has 1 aromatic heterocycles. The summed E-state index contributed by atoms with van der Waals surface area (Å²) >= 11 is 0. The van der Waals surface area contributed by atoms with Crippen molar-refractivity contribution in [2.45, 2.75) is 62.6 Å². The Labute approximate surface area is 178 Å². The summed E-state index contributed by atoms with van der Waals surface area (Å²) in [5.41, 5.74) is 4.74. The van der Waals surface area contributed by atoms with Gasteiger partial charge in [0.05, 0.1) is 5.60 Å². The van der Waals surface area contributed by atoms with Gasteiger partial charge >= 0.3 is 0 Å². The zero-order chi connectivity index (χ0) is 20.0. The summed E-state index contributed by atoms with van der Waals surface area (Å²) in [5.74, 6) is 1.20. The molecule has 2 bridgehead atoms. The Kier molecular flexibility index (Phi) is 3.44. The molecule has 5 atom stereocenters. The fourth-order valence-electron chi connectivity index (χ4n) is 7.92. The largest absolute Gasteiger partial charge is 0.358 e. The lowest BCUT2D eigenvalue weighted by Crippen LogP contribution is -2.56. The topological polar surface area (TPSA) is 34.1 Å². The molecular weight excluding hydrogens is 368 g/mol. The molecule has 1 N–H and O–H groups in total. The second-order valence-corrected chi connectivity index (χ2v) is 10.6. The molecule has 7 rings (SSSR count). The molecule has 0 radical (unpaired) electrons. The Morgan fingerprint density at radius 1 is 1.13 bits per heavy atom. The Bertz CT molecular complexity index is 1120. The van der Waals surface area contributed by atoms with Gasteiger partial charge in [-0.05, 0) is 96.5 Å². The van der Waals surface area contributed by atoms with Crippen LogP contribution in [0.2, 0.25) is 0 Å². The lowest BCUT2D eigenvalue weighted by Gasteiger charge is -2.54. The molecule has 30 heavy (non-hydrogen) atoms. The predicted molar refractivity (Wildman–Crippen MR) is 119 cm³/mol. The molecule has 3 heteroatoms. The van der Waals surface area contributed by atoms with Crippen molar-refractivity contribution in [3.8, 4) is 0 Å². The van der Waals surface area contributed by atoms with E-state index in [1.54, 1.807) is 5.57 Å². The predicted octanol–water partition coefficient (Wildman–Crippen LogP) is 5.29. The summed E-state index contributed by atoms with van der Waals surface area (Å²) in [6.45, 7) is 4.65. The van der Waals surface area contributed by atoms with Gasteiger partial charge in [0.2, 0.25) is 0 Å². The highest BCUT2D eigenvalue weighted by Gasteiger charge is 2.66. The number of pyridine rings is 1. The van der Waals surface area contributed by atoms with E-state index in [0.717, 1.165) is 19.5 Å². The first-order chi connectivity index (χ1) is 14.6. The van der Waals surface area contributed by atoms with E-state index in [1.165, 1.54) is 54.0 Å². The molecule has 2 aromatic rings. The maximum atomic E-state index is 7.20. The van der Waals surface area contributed by atoms with Gasteiger partial charge in [0, 0.05) is 24.3 Å². The van der Waals surface area contributed by atoms with E-state index in [4.69, 9.17) is 4.74 Å². The summed E-state index contributed by atoms with van der Waals surface area (Å²) in [6.07, 6.45) is 16.2. The summed E-state index contributed by atoms with van der Waals surface area (Å²) in [7, 11) is 0. The number of piperidine rings is 1. The lowest BCUT2D eigenvalue weighted by atomic mass is 9.58. The lowest BCUT2D eigenvalue weighted by molar-refractivity contribution is -0.129. The Balaban J connectivity index is 1.32. The highest BCUT2D eigenvalue weighted by molar-refractivity contribution is 5.82. The normalized spacial score (nSPS) is 41.6. The summed E-state index contributed by atoms with van der Waals surface area (Å²) < 4.78 is 7.20. The number of hydrogen-bond donors (Lipinski definition) is 1. The molecule has 1 aromatic carbocycles. The van der Waals surface area contributed by atoms with E-state index in [2.05, 4.69) is 53.6 Å². The highest BCUT2D eigenvalue weighted by Crippen LogP contribution is 2.68. The van der Waals surface area contributed by atoms with Crippen LogP contribution in [0.4, 0.5) is 0 Å². The average molecular weight is 399 g/mol. The summed E-state index contributed by atoms with van der Waals surface area (Å²) in [4.78, 5) is 4.36. The van der Waals surface area contributed by atoms with Crippen LogP contribution in [0.1, 0.15) is 56.9 Å². The second kappa shape index (κ2) is 5.83. The number of hydrogen-bond acceptors (Lipinski definition) is 3. The number of allylic oxidation sites excluding steroid dienone is 1. The first-order valence-electron chi connectivity index (χ1n) is 11.8. The van der Waals surface area contributed by atoms with Crippen molar-refractivity contribution >= 4 is 10.8 Å². The van der Waals surface area contributed by atoms with Crippen molar-refractivity contribution in [1.82, 2.24) is 10.3 Å². The van der Waals surface area contributed by atoms with Crippen LogP contribution in [-0.4, -0.2) is 29.3 Å². The fraction of sp³-hybridized carbons (Fsp3) is 0.519. The number of rotatable bonds is 1. The Hall–Kier alpha value is -1.97. The second-order valence-electron chi connectivity index (χ2n) is 10.6. The minimum Gasteiger partial charge on any atom is -0.358 e. The van der Waals surface area contributed by atoms with Crippen LogP contribution in [-0.2, 0) is 4.74 Å². The summed E-state index contributed by atoms with van der Waals surface area (Å²) in [6, 6.07) is 9.18. The van der Waals surface area contributed by atoms with Gasteiger partial charge in [-0.25, -0.2) is 0 Å². The molecule has 5 aliphatic rings. The van der Waals surface area contributed by atoms with Crippen LogP contribution < -0.4 is 5.32 Å². The van der Waals surface area contributed by atoms with E-state index in [0.29, 0.717) is 11.8 Å². The SMILES string of the molecule is CC12CC=C3C=C4CCNC[C@]45CC[C@]3(O5)[C@@H]1CC[C@@H]2c1ccc2ccncc2c1. The van der Waals surface area contributed by atoms with Gasteiger partial charge in [-0.1, -0.05) is 31.2 Å². The highest BCUT2D eigenvalue weighted by atomic mass is 16.5. The third-order valence-corrected chi connectivity index (χ3v) is 9.39. The zero-order valence-corrected chi connectivity index (χ0v) is 17.8. The number of nitrogens with one attached hydrogen (secondary N) is 1. The standard InChI is InChI=1S/C27H30N2O/c1-25-9-6-22-15-21-8-13-29-17-26(21)10-11-27(22,30-26)24(25)5-4-23(25)19-3-2-18-7-12-28-16-20(18)14-19/h2-3,6-7,12,14-16,23-24,29H,4-5,8-11,13,17H2,1H3/t23-,24-,25?,26-,27-/m1/s1. The van der Waals surface area contributed by atoms with Gasteiger partial charge in [-0.15, -0.1) is 0 Å². The first kappa shape index (κ1) is 17.7. The maximum Gasteiger partial charge on any atom is 0.103 e. The van der Waals surface area contributed by atoms with Crippen LogP contribution in [0.3, 0.4) is 0 Å². The van der Waals surface area contributed by atoms with Gasteiger partial charge in [-0.2, -0.15) is 0 Å². The van der Waals surface area contributed by atoms with Gasteiger partial charge in [-0.3, -0.25) is 4.98 Å². The monoisotopic (exact) mass is 398 g/mol. The van der Waals surface area contributed by atoms with Gasteiger partial charge in [0.15, 0.2) is 0 Å². The number of benzene rings is 1. The van der Waals surface area contributed by atoms with Crippen molar-refractivity contribution in [2.75, 3.05) is 13.1 Å². The number of nitrogens with zero attached hydrogens (tertiary/aromatic N) is 1. The van der Waals surface area contributed by atoms with Crippen molar-refractivity contribution in [3.63, 3.8) is 0 Å². The van der Waals surface area contributed by atoms with Crippen LogP contribution in [0.15, 0.2) is 60.0 Å². The van der Waals surface area contributed by atoms with E-state index in [9.17, 15) is 0 Å². The van der Waals surface area contributed by atoms with Crippen LogP contribution in [0.5, 0.6) is 0 Å². The van der Waals surface area contributed by atoms with Crippen molar-refractivity contribution in [3.05, 3.63) is 65.5 Å². The summed E-state index contributed by atoms with van der Waals surface area (Å²) in [5, 5.41) is 6.18. The first-order valence-corrected chi connectivity index (χ1v) is 11.8. The van der Waals surface area contributed by atoms with Crippen LogP contribution >= 0.6 is 0 Å².